The third-order valence-electron chi connectivity index (χ3n) is 1.88. The van der Waals surface area contributed by atoms with Crippen LogP contribution in [0.5, 0.6) is 0 Å². The van der Waals surface area contributed by atoms with Crippen LogP contribution in [0, 0.1) is 6.92 Å². The van der Waals surface area contributed by atoms with Gasteiger partial charge in [-0.25, -0.2) is 0 Å². The van der Waals surface area contributed by atoms with Crippen molar-refractivity contribution in [1.82, 2.24) is 20.2 Å². The predicted octanol–water partition coefficient (Wildman–Crippen LogP) is 1.32. The van der Waals surface area contributed by atoms with E-state index in [9.17, 15) is 0 Å². The first-order valence-corrected chi connectivity index (χ1v) is 4.78. The minimum atomic E-state index is 0.287. The zero-order valence-corrected chi connectivity index (χ0v) is 9.06. The van der Waals surface area contributed by atoms with Crippen molar-refractivity contribution >= 4 is 21.9 Å². The highest BCUT2D eigenvalue weighted by Crippen LogP contribution is 2.19. The average Bonchev–Trinajstić information content (AvgIpc) is 2.52. The van der Waals surface area contributed by atoms with E-state index in [1.54, 1.807) is 0 Å². The molecule has 0 bridgehead atoms. The van der Waals surface area contributed by atoms with Gasteiger partial charge in [-0.3, -0.25) is 0 Å². The number of tetrazole rings is 1. The van der Waals surface area contributed by atoms with Crippen LogP contribution in [0.15, 0.2) is 22.7 Å². The van der Waals surface area contributed by atoms with E-state index in [1.165, 1.54) is 4.68 Å². The third-order valence-corrected chi connectivity index (χ3v) is 2.37. The molecule has 2 rings (SSSR count). The fourth-order valence-corrected chi connectivity index (χ4v) is 1.70. The number of nitrogen functional groups attached to an aromatic ring is 1. The number of anilines is 1. The van der Waals surface area contributed by atoms with E-state index in [-0.39, 0.29) is 5.95 Å². The topological polar surface area (TPSA) is 69.6 Å². The Morgan fingerprint density at radius 2 is 2.21 bits per heavy atom. The molecule has 1 heterocycles. The van der Waals surface area contributed by atoms with Crippen molar-refractivity contribution in [1.29, 1.82) is 0 Å². The smallest absolute Gasteiger partial charge is 0.245 e. The van der Waals surface area contributed by atoms with Gasteiger partial charge < -0.3 is 5.73 Å². The molecule has 0 spiro atoms. The summed E-state index contributed by atoms with van der Waals surface area (Å²) in [6.07, 6.45) is 0. The van der Waals surface area contributed by atoms with Crippen molar-refractivity contribution in [2.24, 2.45) is 0 Å². The molecule has 0 radical (unpaired) electrons. The molecule has 0 aliphatic heterocycles. The second-order valence-electron chi connectivity index (χ2n) is 2.88. The molecule has 2 N–H and O–H groups in total. The Morgan fingerprint density at radius 3 is 2.79 bits per heavy atom. The molecule has 1 aromatic carbocycles. The molecule has 0 saturated heterocycles. The minimum absolute atomic E-state index is 0.287. The number of rotatable bonds is 1. The van der Waals surface area contributed by atoms with E-state index in [4.69, 9.17) is 5.73 Å². The molecule has 2 aromatic rings. The summed E-state index contributed by atoms with van der Waals surface area (Å²) in [6.45, 7) is 1.97. The summed E-state index contributed by atoms with van der Waals surface area (Å²) in [7, 11) is 0. The maximum Gasteiger partial charge on any atom is 0.245 e. The van der Waals surface area contributed by atoms with Crippen LogP contribution < -0.4 is 5.73 Å². The number of hydrogen-bond acceptors (Lipinski definition) is 4. The second kappa shape index (κ2) is 3.38. The van der Waals surface area contributed by atoms with Gasteiger partial charge in [-0.05, 0) is 41.1 Å². The van der Waals surface area contributed by atoms with Crippen LogP contribution in [-0.4, -0.2) is 20.2 Å². The van der Waals surface area contributed by atoms with Crippen LogP contribution in [0.2, 0.25) is 0 Å². The van der Waals surface area contributed by atoms with Crippen LogP contribution in [0.25, 0.3) is 5.69 Å². The number of aromatic nitrogens is 4. The molecule has 1 aromatic heterocycles. The average molecular weight is 254 g/mol. The number of nitrogens with zero attached hydrogens (tertiary/aromatic N) is 4. The highest BCUT2D eigenvalue weighted by molar-refractivity contribution is 9.10. The molecule has 5 nitrogen and oxygen atoms in total. The van der Waals surface area contributed by atoms with Gasteiger partial charge in [-0.15, -0.1) is 0 Å². The third kappa shape index (κ3) is 1.48. The molecule has 0 aliphatic rings. The van der Waals surface area contributed by atoms with Crippen LogP contribution in [0.3, 0.4) is 0 Å². The Bertz CT molecular complexity index is 465. The number of aryl methyl sites for hydroxylation is 1. The zero-order valence-electron chi connectivity index (χ0n) is 7.48. The molecule has 0 saturated carbocycles. The van der Waals surface area contributed by atoms with Gasteiger partial charge in [-0.2, -0.15) is 4.68 Å². The molecule has 0 atom stereocenters. The highest BCUT2D eigenvalue weighted by atomic mass is 79.9. The van der Waals surface area contributed by atoms with Crippen molar-refractivity contribution in [2.75, 3.05) is 5.73 Å². The van der Waals surface area contributed by atoms with Gasteiger partial charge in [0, 0.05) is 4.47 Å². The molecule has 14 heavy (non-hydrogen) atoms. The molecule has 72 valence electrons. The van der Waals surface area contributed by atoms with E-state index >= 15 is 0 Å². The summed E-state index contributed by atoms with van der Waals surface area (Å²) in [5.41, 5.74) is 7.53. The fourth-order valence-electron chi connectivity index (χ4n) is 1.22. The van der Waals surface area contributed by atoms with E-state index < -0.39 is 0 Å². The van der Waals surface area contributed by atoms with Crippen molar-refractivity contribution in [3.63, 3.8) is 0 Å². The Morgan fingerprint density at radius 1 is 1.43 bits per heavy atom. The van der Waals surface area contributed by atoms with Crippen molar-refractivity contribution in [2.45, 2.75) is 6.92 Å². The van der Waals surface area contributed by atoms with Gasteiger partial charge >= 0.3 is 0 Å². The van der Waals surface area contributed by atoms with Crippen LogP contribution in [0.4, 0.5) is 5.95 Å². The quantitative estimate of drug-likeness (QED) is 0.833. The van der Waals surface area contributed by atoms with E-state index in [0.717, 1.165) is 15.7 Å². The first kappa shape index (κ1) is 9.14. The van der Waals surface area contributed by atoms with E-state index in [0.29, 0.717) is 0 Å². The van der Waals surface area contributed by atoms with Gasteiger partial charge in [0.25, 0.3) is 0 Å². The lowest BCUT2D eigenvalue weighted by atomic mass is 10.2. The van der Waals surface area contributed by atoms with Crippen LogP contribution >= 0.6 is 15.9 Å². The largest absolute Gasteiger partial charge is 0.366 e. The number of halogens is 1. The molecule has 0 fully saturated rings. The van der Waals surface area contributed by atoms with E-state index in [1.807, 2.05) is 25.1 Å². The van der Waals surface area contributed by atoms with Crippen molar-refractivity contribution in [3.8, 4) is 5.69 Å². The van der Waals surface area contributed by atoms with Gasteiger partial charge in [0.05, 0.1) is 5.69 Å². The Balaban J connectivity index is 2.58. The van der Waals surface area contributed by atoms with Gasteiger partial charge in [-0.1, -0.05) is 21.0 Å². The Labute approximate surface area is 89.0 Å². The molecular weight excluding hydrogens is 246 g/mol. The summed E-state index contributed by atoms with van der Waals surface area (Å²) in [4.78, 5) is 0. The molecule has 0 unspecified atom stereocenters. The van der Waals surface area contributed by atoms with Gasteiger partial charge in [0.1, 0.15) is 0 Å². The SMILES string of the molecule is Cc1cc(Br)ccc1-n1nnnc1N. The number of benzene rings is 1. The zero-order chi connectivity index (χ0) is 10.1. The maximum absolute atomic E-state index is 5.59. The fraction of sp³-hybridized carbons (Fsp3) is 0.125. The number of hydrogen-bond donors (Lipinski definition) is 1. The molecule has 0 amide bonds. The van der Waals surface area contributed by atoms with E-state index in [2.05, 4.69) is 31.5 Å². The predicted molar refractivity (Wildman–Crippen MR) is 56.0 cm³/mol. The summed E-state index contributed by atoms with van der Waals surface area (Å²) in [5.74, 6) is 0.287. The minimum Gasteiger partial charge on any atom is -0.366 e. The lowest BCUT2D eigenvalue weighted by Crippen LogP contribution is -2.04. The first-order valence-electron chi connectivity index (χ1n) is 3.99. The van der Waals surface area contributed by atoms with Gasteiger partial charge in [0.15, 0.2) is 0 Å². The Hall–Kier alpha value is -1.43. The standard InChI is InChI=1S/C8H8BrN5/c1-5-4-6(9)2-3-7(5)14-8(10)11-12-13-14/h2-4H,1H3,(H2,10,11,13). The second-order valence-corrected chi connectivity index (χ2v) is 3.80. The normalized spacial score (nSPS) is 10.4. The highest BCUT2D eigenvalue weighted by Gasteiger charge is 2.06. The number of nitrogens with two attached hydrogens (primary N) is 1. The Kier molecular flexibility index (Phi) is 2.20. The maximum atomic E-state index is 5.59. The van der Waals surface area contributed by atoms with Crippen LogP contribution in [-0.2, 0) is 0 Å². The van der Waals surface area contributed by atoms with Crippen molar-refractivity contribution < 1.29 is 0 Å². The lowest BCUT2D eigenvalue weighted by Gasteiger charge is -2.05. The molecular formula is C8H8BrN5. The van der Waals surface area contributed by atoms with Crippen molar-refractivity contribution in [3.05, 3.63) is 28.2 Å². The first-order chi connectivity index (χ1) is 6.68. The molecule has 6 heteroatoms. The van der Waals surface area contributed by atoms with Gasteiger partial charge in [0.2, 0.25) is 5.95 Å². The summed E-state index contributed by atoms with van der Waals surface area (Å²) >= 11 is 3.39. The summed E-state index contributed by atoms with van der Waals surface area (Å²) in [6, 6.07) is 5.81. The monoisotopic (exact) mass is 253 g/mol. The van der Waals surface area contributed by atoms with Crippen LogP contribution in [0.1, 0.15) is 5.56 Å². The lowest BCUT2D eigenvalue weighted by molar-refractivity contribution is 0.788. The summed E-state index contributed by atoms with van der Waals surface area (Å²) in [5, 5.41) is 10.9. The molecule has 0 aliphatic carbocycles. The summed E-state index contributed by atoms with van der Waals surface area (Å²) < 4.78 is 2.52.